The van der Waals surface area contributed by atoms with Crippen molar-refractivity contribution in [3.05, 3.63) is 24.5 Å². The second-order valence-corrected chi connectivity index (χ2v) is 4.12. The van der Waals surface area contributed by atoms with Crippen LogP contribution in [0.1, 0.15) is 25.7 Å². The maximum Gasteiger partial charge on any atom is 0.243 e. The molecule has 1 aliphatic carbocycles. The minimum absolute atomic E-state index is 0.0225. The van der Waals surface area contributed by atoms with Crippen LogP contribution in [0, 0.1) is 5.92 Å². The highest BCUT2D eigenvalue weighted by atomic mass is 16.2. The standard InChI is InChI=1S/C11H17N3O/c12-10-6-2-1-5-9(10)11(15)13-14-7-3-4-8-14/h3-4,7-10H,1-2,5-6,12H2,(H,13,15). The number of nitrogens with two attached hydrogens (primary N) is 1. The van der Waals surface area contributed by atoms with E-state index < -0.39 is 0 Å². The number of carbonyl (C=O) groups excluding carboxylic acids is 1. The summed E-state index contributed by atoms with van der Waals surface area (Å²) in [5.41, 5.74) is 8.76. The third kappa shape index (κ3) is 2.39. The number of rotatable bonds is 2. The molecule has 1 aromatic heterocycles. The predicted molar refractivity (Wildman–Crippen MR) is 58.7 cm³/mol. The highest BCUT2D eigenvalue weighted by Gasteiger charge is 2.28. The first-order chi connectivity index (χ1) is 7.27. The first-order valence-electron chi connectivity index (χ1n) is 5.47. The Labute approximate surface area is 89.4 Å². The number of aromatic nitrogens is 1. The molecule has 4 heteroatoms. The molecule has 1 heterocycles. The Balaban J connectivity index is 1.95. The fourth-order valence-corrected chi connectivity index (χ4v) is 2.10. The quantitative estimate of drug-likeness (QED) is 0.762. The molecule has 0 aromatic carbocycles. The molecule has 0 bridgehead atoms. The maximum atomic E-state index is 11.9. The van der Waals surface area contributed by atoms with Crippen LogP contribution in [0.5, 0.6) is 0 Å². The predicted octanol–water partition coefficient (Wildman–Crippen LogP) is 1.08. The molecule has 1 fully saturated rings. The van der Waals surface area contributed by atoms with E-state index in [0.717, 1.165) is 25.7 Å². The lowest BCUT2D eigenvalue weighted by Crippen LogP contribution is -2.42. The SMILES string of the molecule is NC1CCCCC1C(=O)Nn1cccc1. The molecule has 0 radical (unpaired) electrons. The molecule has 1 aliphatic rings. The van der Waals surface area contributed by atoms with Gasteiger partial charge < -0.3 is 5.73 Å². The zero-order chi connectivity index (χ0) is 10.7. The average molecular weight is 207 g/mol. The number of nitrogens with one attached hydrogen (secondary N) is 1. The van der Waals surface area contributed by atoms with Gasteiger partial charge in [0.25, 0.3) is 0 Å². The van der Waals surface area contributed by atoms with E-state index in [9.17, 15) is 4.79 Å². The summed E-state index contributed by atoms with van der Waals surface area (Å²) in [6.45, 7) is 0. The lowest BCUT2D eigenvalue weighted by molar-refractivity contribution is -0.122. The Bertz CT molecular complexity index is 321. The van der Waals surface area contributed by atoms with Crippen molar-refractivity contribution in [2.24, 2.45) is 11.7 Å². The lowest BCUT2D eigenvalue weighted by Gasteiger charge is -2.27. The van der Waals surface area contributed by atoms with Crippen LogP contribution in [0.2, 0.25) is 0 Å². The Hall–Kier alpha value is -1.29. The Morgan fingerprint density at radius 2 is 1.93 bits per heavy atom. The zero-order valence-electron chi connectivity index (χ0n) is 8.73. The van der Waals surface area contributed by atoms with Gasteiger partial charge in [-0.3, -0.25) is 14.9 Å². The Kier molecular flexibility index (Phi) is 3.06. The zero-order valence-corrected chi connectivity index (χ0v) is 8.73. The summed E-state index contributed by atoms with van der Waals surface area (Å²) in [6, 6.07) is 3.77. The molecule has 4 nitrogen and oxygen atoms in total. The first kappa shape index (κ1) is 10.2. The summed E-state index contributed by atoms with van der Waals surface area (Å²) in [5, 5.41) is 0. The van der Waals surface area contributed by atoms with Gasteiger partial charge in [0, 0.05) is 18.4 Å². The van der Waals surface area contributed by atoms with Crippen molar-refractivity contribution in [2.45, 2.75) is 31.7 Å². The van der Waals surface area contributed by atoms with Crippen LogP contribution in [0.3, 0.4) is 0 Å². The molecule has 3 N–H and O–H groups in total. The van der Waals surface area contributed by atoms with E-state index in [1.807, 2.05) is 24.5 Å². The molecule has 1 amide bonds. The van der Waals surface area contributed by atoms with E-state index >= 15 is 0 Å². The van der Waals surface area contributed by atoms with E-state index in [0.29, 0.717) is 0 Å². The van der Waals surface area contributed by atoms with Gasteiger partial charge in [-0.15, -0.1) is 0 Å². The molecule has 0 aliphatic heterocycles. The number of amides is 1. The van der Waals surface area contributed by atoms with E-state index in [-0.39, 0.29) is 17.9 Å². The van der Waals surface area contributed by atoms with Gasteiger partial charge in [-0.25, -0.2) is 0 Å². The van der Waals surface area contributed by atoms with Crippen molar-refractivity contribution in [2.75, 3.05) is 5.43 Å². The van der Waals surface area contributed by atoms with E-state index in [1.165, 1.54) is 0 Å². The van der Waals surface area contributed by atoms with Crippen LogP contribution in [0.15, 0.2) is 24.5 Å². The molecular formula is C11H17N3O. The van der Waals surface area contributed by atoms with Crippen LogP contribution in [0.4, 0.5) is 0 Å². The summed E-state index contributed by atoms with van der Waals surface area (Å²) in [7, 11) is 0. The van der Waals surface area contributed by atoms with Gasteiger partial charge in [0.05, 0.1) is 5.92 Å². The molecule has 0 spiro atoms. The topological polar surface area (TPSA) is 60.1 Å². The van der Waals surface area contributed by atoms with E-state index in [4.69, 9.17) is 5.73 Å². The van der Waals surface area contributed by atoms with Crippen LogP contribution >= 0.6 is 0 Å². The smallest absolute Gasteiger partial charge is 0.243 e. The summed E-state index contributed by atoms with van der Waals surface area (Å²) in [5.74, 6) is 0.0135. The highest BCUT2D eigenvalue weighted by molar-refractivity contribution is 5.86. The van der Waals surface area contributed by atoms with Gasteiger partial charge in [0.15, 0.2) is 0 Å². The van der Waals surface area contributed by atoms with Gasteiger partial charge in [-0.2, -0.15) is 0 Å². The monoisotopic (exact) mass is 207 g/mol. The fourth-order valence-electron chi connectivity index (χ4n) is 2.10. The lowest BCUT2D eigenvalue weighted by atomic mass is 9.84. The largest absolute Gasteiger partial charge is 0.327 e. The average Bonchev–Trinajstić information content (AvgIpc) is 2.71. The minimum Gasteiger partial charge on any atom is -0.327 e. The maximum absolute atomic E-state index is 11.9. The van der Waals surface area contributed by atoms with Crippen molar-refractivity contribution in [1.82, 2.24) is 4.68 Å². The van der Waals surface area contributed by atoms with Crippen molar-refractivity contribution in [3.8, 4) is 0 Å². The second-order valence-electron chi connectivity index (χ2n) is 4.12. The third-order valence-corrected chi connectivity index (χ3v) is 3.00. The van der Waals surface area contributed by atoms with Crippen molar-refractivity contribution in [1.29, 1.82) is 0 Å². The van der Waals surface area contributed by atoms with Gasteiger partial charge >= 0.3 is 0 Å². The molecule has 1 aromatic rings. The van der Waals surface area contributed by atoms with Crippen LogP contribution < -0.4 is 11.2 Å². The Morgan fingerprint density at radius 1 is 1.27 bits per heavy atom. The normalized spacial score (nSPS) is 26.2. The van der Waals surface area contributed by atoms with E-state index in [1.54, 1.807) is 4.68 Å². The Morgan fingerprint density at radius 3 is 2.60 bits per heavy atom. The highest BCUT2D eigenvalue weighted by Crippen LogP contribution is 2.23. The number of carbonyl (C=O) groups is 1. The fraction of sp³-hybridized carbons (Fsp3) is 0.545. The molecule has 15 heavy (non-hydrogen) atoms. The van der Waals surface area contributed by atoms with Gasteiger partial charge in [-0.05, 0) is 25.0 Å². The summed E-state index contributed by atoms with van der Waals surface area (Å²) < 4.78 is 1.67. The van der Waals surface area contributed by atoms with Crippen LogP contribution in [0.25, 0.3) is 0 Å². The number of hydrogen-bond donors (Lipinski definition) is 2. The van der Waals surface area contributed by atoms with Crippen LogP contribution in [-0.2, 0) is 4.79 Å². The summed E-state index contributed by atoms with van der Waals surface area (Å²) >= 11 is 0. The molecule has 2 atom stereocenters. The van der Waals surface area contributed by atoms with E-state index in [2.05, 4.69) is 5.43 Å². The summed E-state index contributed by atoms with van der Waals surface area (Å²) in [6.07, 6.45) is 7.75. The van der Waals surface area contributed by atoms with Crippen molar-refractivity contribution in [3.63, 3.8) is 0 Å². The van der Waals surface area contributed by atoms with Gasteiger partial charge in [0.1, 0.15) is 0 Å². The molecule has 2 rings (SSSR count). The molecule has 2 unspecified atom stereocenters. The third-order valence-electron chi connectivity index (χ3n) is 3.00. The molecule has 1 saturated carbocycles. The number of hydrogen-bond acceptors (Lipinski definition) is 2. The molecule has 0 saturated heterocycles. The van der Waals surface area contributed by atoms with Crippen molar-refractivity contribution >= 4 is 5.91 Å². The molecule has 82 valence electrons. The minimum atomic E-state index is -0.0267. The number of nitrogens with zero attached hydrogens (tertiary/aromatic N) is 1. The first-order valence-corrected chi connectivity index (χ1v) is 5.47. The molecular weight excluding hydrogens is 190 g/mol. The van der Waals surface area contributed by atoms with Gasteiger partial charge in [-0.1, -0.05) is 12.8 Å². The van der Waals surface area contributed by atoms with Crippen LogP contribution in [-0.4, -0.2) is 16.6 Å². The second kappa shape index (κ2) is 4.49. The van der Waals surface area contributed by atoms with Gasteiger partial charge in [0.2, 0.25) is 5.91 Å². The van der Waals surface area contributed by atoms with Crippen molar-refractivity contribution < 1.29 is 4.79 Å². The summed E-state index contributed by atoms with van der Waals surface area (Å²) in [4.78, 5) is 11.9.